The molecule has 3 rings (SSSR count). The average molecular weight is 548 g/mol. The van der Waals surface area contributed by atoms with E-state index in [1.807, 2.05) is 31.3 Å². The standard InChI is InChI=1S/C21H30ClN5S.HI/c1-15(19-6-4-5-7-20(19)22)25-21(23-3)24-12-17-8-10-27(11-9-17)13-18-14-28-16(2)26-18;/h4-7,14-15,17H,8-13H2,1-3H3,(H2,23,24,25);1H. The molecule has 1 unspecified atom stereocenters. The van der Waals surface area contributed by atoms with Crippen LogP contribution in [0.15, 0.2) is 34.6 Å². The number of rotatable bonds is 6. The first-order chi connectivity index (χ1) is 13.5. The maximum Gasteiger partial charge on any atom is 0.191 e. The minimum atomic E-state index is 0. The molecule has 0 amide bonds. The fourth-order valence-electron chi connectivity index (χ4n) is 3.60. The van der Waals surface area contributed by atoms with Crippen molar-refractivity contribution in [2.75, 3.05) is 26.7 Å². The first-order valence-corrected chi connectivity index (χ1v) is 11.2. The zero-order chi connectivity index (χ0) is 19.9. The maximum atomic E-state index is 6.31. The van der Waals surface area contributed by atoms with Crippen LogP contribution >= 0.6 is 46.9 Å². The Balaban J connectivity index is 0.00000300. The molecule has 8 heteroatoms. The molecule has 0 radical (unpaired) electrons. The second-order valence-corrected chi connectivity index (χ2v) is 8.89. The quantitative estimate of drug-likeness (QED) is 0.308. The Morgan fingerprint density at radius 2 is 2.07 bits per heavy atom. The van der Waals surface area contributed by atoms with E-state index in [4.69, 9.17) is 11.6 Å². The van der Waals surface area contributed by atoms with E-state index in [1.54, 1.807) is 11.3 Å². The number of aromatic nitrogens is 1. The molecule has 1 saturated heterocycles. The van der Waals surface area contributed by atoms with E-state index in [0.717, 1.165) is 47.7 Å². The lowest BCUT2D eigenvalue weighted by Crippen LogP contribution is -2.43. The summed E-state index contributed by atoms with van der Waals surface area (Å²) in [7, 11) is 1.81. The molecule has 1 aromatic carbocycles. The van der Waals surface area contributed by atoms with Crippen molar-refractivity contribution in [1.82, 2.24) is 20.5 Å². The van der Waals surface area contributed by atoms with Crippen LogP contribution in [0, 0.1) is 12.8 Å². The molecule has 1 aromatic heterocycles. The Morgan fingerprint density at radius 1 is 1.34 bits per heavy atom. The number of halogens is 2. The number of aliphatic imine (C=N–C) groups is 1. The lowest BCUT2D eigenvalue weighted by Gasteiger charge is -2.32. The largest absolute Gasteiger partial charge is 0.356 e. The molecule has 0 bridgehead atoms. The number of guanidine groups is 1. The molecular weight excluding hydrogens is 517 g/mol. The van der Waals surface area contributed by atoms with Gasteiger partial charge in [0.25, 0.3) is 0 Å². The first-order valence-electron chi connectivity index (χ1n) is 9.90. The van der Waals surface area contributed by atoms with Crippen molar-refractivity contribution in [3.05, 3.63) is 50.9 Å². The molecule has 1 aliphatic rings. The van der Waals surface area contributed by atoms with Gasteiger partial charge in [-0.05, 0) is 57.3 Å². The summed E-state index contributed by atoms with van der Waals surface area (Å²) >= 11 is 8.04. The third-order valence-corrected chi connectivity index (χ3v) is 6.43. The van der Waals surface area contributed by atoms with Gasteiger partial charge in [0.1, 0.15) is 0 Å². The Kier molecular flexibility index (Phi) is 10.1. The van der Waals surface area contributed by atoms with Gasteiger partial charge in [-0.3, -0.25) is 9.89 Å². The molecule has 2 aromatic rings. The molecule has 29 heavy (non-hydrogen) atoms. The van der Waals surface area contributed by atoms with Crippen molar-refractivity contribution in [2.45, 2.75) is 39.3 Å². The van der Waals surface area contributed by atoms with Crippen LogP contribution in [0.5, 0.6) is 0 Å². The summed E-state index contributed by atoms with van der Waals surface area (Å²) in [4.78, 5) is 11.5. The molecule has 0 spiro atoms. The minimum absolute atomic E-state index is 0. The monoisotopic (exact) mass is 547 g/mol. The van der Waals surface area contributed by atoms with Gasteiger partial charge in [0, 0.05) is 30.5 Å². The van der Waals surface area contributed by atoms with Gasteiger partial charge >= 0.3 is 0 Å². The van der Waals surface area contributed by atoms with Crippen LogP contribution in [0.25, 0.3) is 0 Å². The smallest absolute Gasteiger partial charge is 0.191 e. The number of likely N-dealkylation sites (tertiary alicyclic amines) is 1. The van der Waals surface area contributed by atoms with Gasteiger partial charge in [-0.2, -0.15) is 0 Å². The molecule has 0 saturated carbocycles. The van der Waals surface area contributed by atoms with Gasteiger partial charge in [-0.15, -0.1) is 35.3 Å². The second-order valence-electron chi connectivity index (χ2n) is 7.42. The number of aryl methyl sites for hydroxylation is 1. The van der Waals surface area contributed by atoms with Crippen LogP contribution in [0.4, 0.5) is 0 Å². The Morgan fingerprint density at radius 3 is 2.69 bits per heavy atom. The van der Waals surface area contributed by atoms with Crippen LogP contribution in [0.3, 0.4) is 0 Å². The summed E-state index contributed by atoms with van der Waals surface area (Å²) in [5.41, 5.74) is 2.29. The zero-order valence-electron chi connectivity index (χ0n) is 17.3. The highest BCUT2D eigenvalue weighted by Crippen LogP contribution is 2.22. The molecule has 0 aliphatic carbocycles. The van der Waals surface area contributed by atoms with Crippen LogP contribution in [0.1, 0.15) is 42.1 Å². The average Bonchev–Trinajstić information content (AvgIpc) is 3.11. The highest BCUT2D eigenvalue weighted by atomic mass is 127. The third kappa shape index (κ3) is 7.38. The van der Waals surface area contributed by atoms with E-state index in [9.17, 15) is 0 Å². The van der Waals surface area contributed by atoms with Crippen molar-refractivity contribution < 1.29 is 0 Å². The van der Waals surface area contributed by atoms with Crippen molar-refractivity contribution in [2.24, 2.45) is 10.9 Å². The molecule has 2 N–H and O–H groups in total. The highest BCUT2D eigenvalue weighted by Gasteiger charge is 2.20. The molecule has 2 heterocycles. The lowest BCUT2D eigenvalue weighted by molar-refractivity contribution is 0.176. The molecular formula is C21H31ClIN5S. The summed E-state index contributed by atoms with van der Waals surface area (Å²) in [5.74, 6) is 1.50. The molecule has 1 aliphatic heterocycles. The Labute approximate surface area is 200 Å². The van der Waals surface area contributed by atoms with Crippen LogP contribution < -0.4 is 10.6 Å². The summed E-state index contributed by atoms with van der Waals surface area (Å²) in [5, 5.41) is 11.0. The molecule has 160 valence electrons. The summed E-state index contributed by atoms with van der Waals surface area (Å²) in [6, 6.07) is 8.03. The number of nitrogens with zero attached hydrogens (tertiary/aromatic N) is 3. The zero-order valence-corrected chi connectivity index (χ0v) is 21.2. The lowest BCUT2D eigenvalue weighted by atomic mass is 9.97. The third-order valence-electron chi connectivity index (χ3n) is 5.27. The fraction of sp³-hybridized carbons (Fsp3) is 0.524. The van der Waals surface area contributed by atoms with E-state index in [1.165, 1.54) is 18.5 Å². The van der Waals surface area contributed by atoms with Crippen molar-refractivity contribution in [1.29, 1.82) is 0 Å². The topological polar surface area (TPSA) is 52.6 Å². The van der Waals surface area contributed by atoms with E-state index >= 15 is 0 Å². The number of nitrogens with one attached hydrogen (secondary N) is 2. The van der Waals surface area contributed by atoms with Crippen LogP contribution in [-0.4, -0.2) is 42.5 Å². The molecule has 5 nitrogen and oxygen atoms in total. The van der Waals surface area contributed by atoms with Crippen LogP contribution in [0.2, 0.25) is 5.02 Å². The van der Waals surface area contributed by atoms with Gasteiger partial charge in [-0.1, -0.05) is 29.8 Å². The Hall–Kier alpha value is -0.900. The predicted molar refractivity (Wildman–Crippen MR) is 135 cm³/mol. The number of hydrogen-bond acceptors (Lipinski definition) is 4. The molecule has 1 fully saturated rings. The van der Waals surface area contributed by atoms with Crippen molar-refractivity contribution in [3.8, 4) is 0 Å². The number of thiazole rings is 1. The SMILES string of the molecule is CN=C(NCC1CCN(Cc2csc(C)n2)CC1)NC(C)c1ccccc1Cl.I. The maximum absolute atomic E-state index is 6.31. The minimum Gasteiger partial charge on any atom is -0.356 e. The van der Waals surface area contributed by atoms with Crippen molar-refractivity contribution >= 4 is 52.9 Å². The normalized spacial score (nSPS) is 16.9. The van der Waals surface area contributed by atoms with Gasteiger partial charge in [0.05, 0.1) is 16.7 Å². The van der Waals surface area contributed by atoms with Crippen molar-refractivity contribution in [3.63, 3.8) is 0 Å². The van der Waals surface area contributed by atoms with E-state index in [0.29, 0.717) is 5.92 Å². The van der Waals surface area contributed by atoms with E-state index in [-0.39, 0.29) is 30.0 Å². The first kappa shape index (κ1) is 24.4. The summed E-state index contributed by atoms with van der Waals surface area (Å²) < 4.78 is 0. The van der Waals surface area contributed by atoms with Crippen LogP contribution in [-0.2, 0) is 6.54 Å². The fourth-order valence-corrected chi connectivity index (χ4v) is 4.51. The Bertz CT molecular complexity index is 789. The summed E-state index contributed by atoms with van der Waals surface area (Å²) in [6.07, 6.45) is 2.40. The highest BCUT2D eigenvalue weighted by molar-refractivity contribution is 14.0. The predicted octanol–water partition coefficient (Wildman–Crippen LogP) is 4.86. The number of hydrogen-bond donors (Lipinski definition) is 2. The van der Waals surface area contributed by atoms with Gasteiger partial charge in [0.15, 0.2) is 5.96 Å². The van der Waals surface area contributed by atoms with Gasteiger partial charge in [-0.25, -0.2) is 4.98 Å². The van der Waals surface area contributed by atoms with E-state index < -0.39 is 0 Å². The molecule has 1 atom stereocenters. The van der Waals surface area contributed by atoms with Gasteiger partial charge < -0.3 is 10.6 Å². The van der Waals surface area contributed by atoms with Gasteiger partial charge in [0.2, 0.25) is 0 Å². The summed E-state index contributed by atoms with van der Waals surface area (Å²) in [6.45, 7) is 8.35. The number of benzene rings is 1. The number of piperidine rings is 1. The second kappa shape index (κ2) is 12.1. The van der Waals surface area contributed by atoms with E-state index in [2.05, 4.69) is 44.7 Å².